The molecule has 0 radical (unpaired) electrons. The number of aliphatic carboxylic acids is 1. The Balaban J connectivity index is 2.07. The molecule has 2 rings (SSSR count). The minimum Gasteiger partial charge on any atom is -0.486 e. The van der Waals surface area contributed by atoms with Crippen LogP contribution in [-0.2, 0) is 9.59 Å². The van der Waals surface area contributed by atoms with E-state index >= 15 is 0 Å². The number of rotatable bonds is 4. The maximum atomic E-state index is 11.6. The normalized spacial score (nSPS) is 12.9. The average molecular weight is 265 g/mol. The first-order valence-electron chi connectivity index (χ1n) is 5.98. The summed E-state index contributed by atoms with van der Waals surface area (Å²) in [6.07, 6.45) is -0.237. The van der Waals surface area contributed by atoms with Gasteiger partial charge >= 0.3 is 5.97 Å². The third kappa shape index (κ3) is 3.37. The van der Waals surface area contributed by atoms with E-state index in [2.05, 4.69) is 5.32 Å². The van der Waals surface area contributed by atoms with E-state index in [4.69, 9.17) is 14.6 Å². The number of carboxylic acid groups (broad SMARTS) is 1. The van der Waals surface area contributed by atoms with Crippen molar-refractivity contribution in [2.45, 2.75) is 19.8 Å². The van der Waals surface area contributed by atoms with Gasteiger partial charge in [0.15, 0.2) is 11.5 Å². The van der Waals surface area contributed by atoms with Crippen LogP contribution in [0.5, 0.6) is 11.5 Å². The molecule has 102 valence electrons. The molecule has 2 N–H and O–H groups in total. The largest absolute Gasteiger partial charge is 0.486 e. The predicted octanol–water partition coefficient (Wildman–Crippen LogP) is 1.57. The zero-order valence-corrected chi connectivity index (χ0v) is 10.6. The lowest BCUT2D eigenvalue weighted by molar-refractivity contribution is -0.138. The van der Waals surface area contributed by atoms with Crippen molar-refractivity contribution in [1.29, 1.82) is 0 Å². The summed E-state index contributed by atoms with van der Waals surface area (Å²) in [4.78, 5) is 22.0. The molecule has 6 heteroatoms. The lowest BCUT2D eigenvalue weighted by Gasteiger charge is -2.20. The first-order valence-corrected chi connectivity index (χ1v) is 5.98. The average Bonchev–Trinajstić information content (AvgIpc) is 2.37. The van der Waals surface area contributed by atoms with Crippen LogP contribution in [0.4, 0.5) is 5.69 Å². The molecule has 19 heavy (non-hydrogen) atoms. The summed E-state index contributed by atoms with van der Waals surface area (Å²) >= 11 is 0. The number of fused-ring (bicyclic) bond motifs is 1. The van der Waals surface area contributed by atoms with Crippen LogP contribution in [0.3, 0.4) is 0 Å². The molecule has 0 saturated carbocycles. The van der Waals surface area contributed by atoms with Gasteiger partial charge in [-0.1, -0.05) is 0 Å². The van der Waals surface area contributed by atoms with Gasteiger partial charge in [-0.25, -0.2) is 0 Å². The van der Waals surface area contributed by atoms with Crippen LogP contribution in [0, 0.1) is 6.92 Å². The van der Waals surface area contributed by atoms with Crippen LogP contribution in [-0.4, -0.2) is 30.2 Å². The molecule has 1 aromatic rings. The van der Waals surface area contributed by atoms with E-state index in [9.17, 15) is 9.59 Å². The smallest absolute Gasteiger partial charge is 0.303 e. The fraction of sp³-hybridized carbons (Fsp3) is 0.385. The summed E-state index contributed by atoms with van der Waals surface area (Å²) in [5.74, 6) is -0.0751. The van der Waals surface area contributed by atoms with E-state index in [-0.39, 0.29) is 18.7 Å². The number of nitrogens with one attached hydrogen (secondary N) is 1. The fourth-order valence-corrected chi connectivity index (χ4v) is 1.76. The van der Waals surface area contributed by atoms with Crippen molar-refractivity contribution >= 4 is 17.6 Å². The molecule has 1 amide bonds. The number of ether oxygens (including phenoxy) is 2. The van der Waals surface area contributed by atoms with E-state index in [1.54, 1.807) is 12.1 Å². The number of hydrogen-bond donors (Lipinski definition) is 2. The molecule has 0 saturated heterocycles. The molecule has 0 bridgehead atoms. The summed E-state index contributed by atoms with van der Waals surface area (Å²) < 4.78 is 10.9. The Labute approximate surface area is 110 Å². The van der Waals surface area contributed by atoms with Gasteiger partial charge in [0.2, 0.25) is 5.91 Å². The van der Waals surface area contributed by atoms with Gasteiger partial charge in [-0.2, -0.15) is 0 Å². The van der Waals surface area contributed by atoms with E-state index in [0.29, 0.717) is 30.4 Å². The van der Waals surface area contributed by atoms with Crippen molar-refractivity contribution < 1.29 is 24.2 Å². The Morgan fingerprint density at radius 3 is 2.47 bits per heavy atom. The summed E-state index contributed by atoms with van der Waals surface area (Å²) in [5.41, 5.74) is 1.45. The minimum atomic E-state index is -0.992. The summed E-state index contributed by atoms with van der Waals surface area (Å²) in [6.45, 7) is 2.82. The van der Waals surface area contributed by atoms with Crippen LogP contribution in [0.25, 0.3) is 0 Å². The monoisotopic (exact) mass is 265 g/mol. The quantitative estimate of drug-likeness (QED) is 0.863. The van der Waals surface area contributed by atoms with Crippen molar-refractivity contribution in [2.75, 3.05) is 18.5 Å². The summed E-state index contributed by atoms with van der Waals surface area (Å²) in [6, 6.07) is 3.49. The maximum absolute atomic E-state index is 11.6. The van der Waals surface area contributed by atoms with Crippen molar-refractivity contribution in [3.05, 3.63) is 17.7 Å². The lowest BCUT2D eigenvalue weighted by Crippen LogP contribution is -2.17. The van der Waals surface area contributed by atoms with Crippen molar-refractivity contribution in [3.8, 4) is 11.5 Å². The van der Waals surface area contributed by atoms with Gasteiger partial charge in [0, 0.05) is 18.2 Å². The van der Waals surface area contributed by atoms with Gasteiger partial charge in [-0.05, 0) is 18.6 Å². The molecule has 1 aromatic carbocycles. The molecule has 0 aliphatic carbocycles. The van der Waals surface area contributed by atoms with Crippen LogP contribution >= 0.6 is 0 Å². The minimum absolute atomic E-state index is 0.0524. The molecule has 0 fully saturated rings. The Bertz CT molecular complexity index is 512. The second kappa shape index (κ2) is 5.60. The molecule has 0 aromatic heterocycles. The fourth-order valence-electron chi connectivity index (χ4n) is 1.76. The van der Waals surface area contributed by atoms with Gasteiger partial charge in [-0.3, -0.25) is 9.59 Å². The van der Waals surface area contributed by atoms with Gasteiger partial charge in [0.25, 0.3) is 0 Å². The SMILES string of the molecule is Cc1cc2c(cc1NC(=O)CCC(=O)O)OCCO2. The first kappa shape index (κ1) is 13.2. The highest BCUT2D eigenvalue weighted by Gasteiger charge is 2.15. The Morgan fingerprint density at radius 2 is 1.84 bits per heavy atom. The molecule has 6 nitrogen and oxygen atoms in total. The van der Waals surface area contributed by atoms with Crippen LogP contribution in [0.1, 0.15) is 18.4 Å². The number of benzene rings is 1. The summed E-state index contributed by atoms with van der Waals surface area (Å²) in [5, 5.41) is 11.2. The third-order valence-corrected chi connectivity index (χ3v) is 2.73. The number of carbonyl (C=O) groups is 2. The molecule has 1 aliphatic rings. The highest BCUT2D eigenvalue weighted by Crippen LogP contribution is 2.35. The highest BCUT2D eigenvalue weighted by molar-refractivity contribution is 5.93. The van der Waals surface area contributed by atoms with Crippen molar-refractivity contribution in [2.24, 2.45) is 0 Å². The molecule has 0 unspecified atom stereocenters. The van der Waals surface area contributed by atoms with Gasteiger partial charge < -0.3 is 19.9 Å². The molecule has 0 spiro atoms. The first-order chi connectivity index (χ1) is 9.06. The zero-order chi connectivity index (χ0) is 13.8. The topological polar surface area (TPSA) is 84.9 Å². The Hall–Kier alpha value is -2.24. The molecule has 1 heterocycles. The molecular formula is C13H15NO5. The molecular weight excluding hydrogens is 250 g/mol. The van der Waals surface area contributed by atoms with Crippen LogP contribution < -0.4 is 14.8 Å². The van der Waals surface area contributed by atoms with E-state index in [0.717, 1.165) is 5.56 Å². The number of carbonyl (C=O) groups excluding carboxylic acids is 1. The maximum Gasteiger partial charge on any atom is 0.303 e. The molecule has 1 aliphatic heterocycles. The standard InChI is InChI=1S/C13H15NO5/c1-8-6-10-11(19-5-4-18-10)7-9(8)14-12(15)2-3-13(16)17/h6-7H,2-5H2,1H3,(H,14,15)(H,16,17). The summed E-state index contributed by atoms with van der Waals surface area (Å²) in [7, 11) is 0. The van der Waals surface area contributed by atoms with E-state index in [1.807, 2.05) is 6.92 Å². The van der Waals surface area contributed by atoms with Gasteiger partial charge in [0.1, 0.15) is 13.2 Å². The Kier molecular flexibility index (Phi) is 3.89. The zero-order valence-electron chi connectivity index (χ0n) is 10.6. The predicted molar refractivity (Wildman–Crippen MR) is 67.7 cm³/mol. The van der Waals surface area contributed by atoms with Crippen molar-refractivity contribution in [1.82, 2.24) is 0 Å². The lowest BCUT2D eigenvalue weighted by atomic mass is 10.1. The number of hydrogen-bond acceptors (Lipinski definition) is 4. The number of anilines is 1. The molecule has 0 atom stereocenters. The van der Waals surface area contributed by atoms with Crippen LogP contribution in [0.15, 0.2) is 12.1 Å². The second-order valence-electron chi connectivity index (χ2n) is 4.25. The third-order valence-electron chi connectivity index (χ3n) is 2.73. The second-order valence-corrected chi connectivity index (χ2v) is 4.25. The van der Waals surface area contributed by atoms with E-state index in [1.165, 1.54) is 0 Å². The van der Waals surface area contributed by atoms with Gasteiger partial charge in [0.05, 0.1) is 6.42 Å². The van der Waals surface area contributed by atoms with Crippen molar-refractivity contribution in [3.63, 3.8) is 0 Å². The number of carboxylic acids is 1. The Morgan fingerprint density at radius 1 is 1.21 bits per heavy atom. The number of amides is 1. The number of aryl methyl sites for hydroxylation is 1. The van der Waals surface area contributed by atoms with Crippen LogP contribution in [0.2, 0.25) is 0 Å². The van der Waals surface area contributed by atoms with E-state index < -0.39 is 5.97 Å². The van der Waals surface area contributed by atoms with Gasteiger partial charge in [-0.15, -0.1) is 0 Å². The highest BCUT2D eigenvalue weighted by atomic mass is 16.6.